The van der Waals surface area contributed by atoms with Crippen molar-refractivity contribution in [1.29, 1.82) is 0 Å². The highest BCUT2D eigenvalue weighted by Crippen LogP contribution is 2.35. The van der Waals surface area contributed by atoms with Crippen molar-refractivity contribution < 1.29 is 22.7 Å². The lowest BCUT2D eigenvalue weighted by Gasteiger charge is -2.44. The highest BCUT2D eigenvalue weighted by atomic mass is 32.2. The first-order chi connectivity index (χ1) is 12.8. The number of nitrogens with zero attached hydrogens (tertiary/aromatic N) is 1. The molecule has 1 aliphatic carbocycles. The Balaban J connectivity index is 1.66. The number of likely N-dealkylation sites (tertiary alicyclic amines) is 1. The Hall–Kier alpha value is -1.89. The second-order valence-electron chi connectivity index (χ2n) is 7.67. The van der Waals surface area contributed by atoms with Gasteiger partial charge in [-0.3, -0.25) is 4.79 Å². The minimum Gasteiger partial charge on any atom is -0.452 e. The monoisotopic (exact) mass is 393 g/mol. The van der Waals surface area contributed by atoms with E-state index < -0.39 is 15.8 Å². The summed E-state index contributed by atoms with van der Waals surface area (Å²) in [7, 11) is -3.42. The van der Waals surface area contributed by atoms with Gasteiger partial charge in [0.1, 0.15) is 0 Å². The smallest absolute Gasteiger partial charge is 0.338 e. The van der Waals surface area contributed by atoms with Crippen LogP contribution in [0.4, 0.5) is 0 Å². The Kier molecular flexibility index (Phi) is 5.89. The summed E-state index contributed by atoms with van der Waals surface area (Å²) >= 11 is 0. The predicted octanol–water partition coefficient (Wildman–Crippen LogP) is 2.74. The first-order valence-corrected chi connectivity index (χ1v) is 11.4. The molecular weight excluding hydrogens is 366 g/mol. The van der Waals surface area contributed by atoms with Gasteiger partial charge in [0, 0.05) is 18.8 Å². The van der Waals surface area contributed by atoms with Crippen LogP contribution in [0.15, 0.2) is 23.1 Å². The van der Waals surface area contributed by atoms with Crippen LogP contribution in [0.2, 0.25) is 0 Å². The molecule has 0 aromatic heterocycles. The van der Waals surface area contributed by atoms with Crippen molar-refractivity contribution in [3.8, 4) is 0 Å². The number of sulfone groups is 1. The Morgan fingerprint density at radius 3 is 2.59 bits per heavy atom. The number of hydrogen-bond donors (Lipinski definition) is 0. The number of aryl methyl sites for hydroxylation is 1. The summed E-state index contributed by atoms with van der Waals surface area (Å²) in [6.45, 7) is 2.13. The second-order valence-corrected chi connectivity index (χ2v) is 9.68. The minimum absolute atomic E-state index is 0.0625. The van der Waals surface area contributed by atoms with Crippen molar-refractivity contribution in [3.63, 3.8) is 0 Å². The van der Waals surface area contributed by atoms with Gasteiger partial charge in [0.15, 0.2) is 16.4 Å². The maximum absolute atomic E-state index is 12.7. The Bertz CT molecular complexity index is 831. The maximum Gasteiger partial charge on any atom is 0.338 e. The molecule has 1 amide bonds. The van der Waals surface area contributed by atoms with Crippen molar-refractivity contribution in [2.45, 2.75) is 56.4 Å². The van der Waals surface area contributed by atoms with Gasteiger partial charge in [-0.25, -0.2) is 13.2 Å². The van der Waals surface area contributed by atoms with Gasteiger partial charge in [-0.15, -0.1) is 0 Å². The number of hydrogen-bond acceptors (Lipinski definition) is 5. The lowest BCUT2D eigenvalue weighted by atomic mass is 9.78. The normalized spacial score (nSPS) is 22.8. The fraction of sp³-hybridized carbons (Fsp3) is 0.600. The van der Waals surface area contributed by atoms with Crippen LogP contribution in [0, 0.1) is 12.8 Å². The largest absolute Gasteiger partial charge is 0.452 e. The van der Waals surface area contributed by atoms with Crippen LogP contribution in [-0.2, 0) is 19.4 Å². The number of benzene rings is 1. The van der Waals surface area contributed by atoms with Gasteiger partial charge < -0.3 is 9.64 Å². The number of esters is 1. The molecule has 2 atom stereocenters. The van der Waals surface area contributed by atoms with E-state index >= 15 is 0 Å². The van der Waals surface area contributed by atoms with Crippen LogP contribution in [-0.4, -0.2) is 50.6 Å². The number of ether oxygens (including phenoxy) is 1. The van der Waals surface area contributed by atoms with E-state index in [-0.39, 0.29) is 29.0 Å². The second kappa shape index (κ2) is 8.00. The topological polar surface area (TPSA) is 80.7 Å². The summed E-state index contributed by atoms with van der Waals surface area (Å²) in [5.74, 6) is -0.249. The third kappa shape index (κ3) is 4.51. The molecule has 2 aliphatic rings. The van der Waals surface area contributed by atoms with Crippen molar-refractivity contribution in [3.05, 3.63) is 29.3 Å². The average molecular weight is 394 g/mol. The van der Waals surface area contributed by atoms with Crippen molar-refractivity contribution in [2.75, 3.05) is 19.4 Å². The van der Waals surface area contributed by atoms with Gasteiger partial charge in [-0.2, -0.15) is 0 Å². The quantitative estimate of drug-likeness (QED) is 0.735. The zero-order valence-corrected chi connectivity index (χ0v) is 16.8. The molecule has 0 radical (unpaired) electrons. The first kappa shape index (κ1) is 19.9. The molecule has 1 aliphatic heterocycles. The lowest BCUT2D eigenvalue weighted by molar-refractivity contribution is -0.140. The number of carbonyl (C=O) groups excluding carboxylic acids is 2. The van der Waals surface area contributed by atoms with Crippen LogP contribution in [0.1, 0.15) is 54.4 Å². The number of rotatable bonds is 4. The van der Waals surface area contributed by atoms with Crippen LogP contribution < -0.4 is 0 Å². The van der Waals surface area contributed by atoms with Crippen LogP contribution in [0.5, 0.6) is 0 Å². The van der Waals surface area contributed by atoms with Crippen molar-refractivity contribution in [1.82, 2.24) is 4.90 Å². The molecule has 1 saturated heterocycles. The average Bonchev–Trinajstić information content (AvgIpc) is 2.64. The third-order valence-corrected chi connectivity index (χ3v) is 6.86. The van der Waals surface area contributed by atoms with E-state index in [2.05, 4.69) is 0 Å². The SMILES string of the molecule is Cc1ccc(S(C)(=O)=O)cc1C(=O)OCC(=O)N1CCC[C@H]2CCCC[C@@H]21. The molecule has 1 heterocycles. The fourth-order valence-corrected chi connectivity index (χ4v) is 4.92. The minimum atomic E-state index is -3.42. The van der Waals surface area contributed by atoms with Gasteiger partial charge in [0.2, 0.25) is 0 Å². The van der Waals surface area contributed by atoms with E-state index in [1.807, 2.05) is 4.90 Å². The molecule has 7 heteroatoms. The van der Waals surface area contributed by atoms with Crippen LogP contribution >= 0.6 is 0 Å². The summed E-state index contributed by atoms with van der Waals surface area (Å²) in [6, 6.07) is 4.62. The molecule has 1 saturated carbocycles. The standard InChI is InChI=1S/C20H27NO5S/c1-14-9-10-16(27(2,24)25)12-17(14)20(23)26-13-19(22)21-11-5-7-15-6-3-4-8-18(15)21/h9-10,12,15,18H,3-8,11,13H2,1-2H3/t15-,18+/m1/s1. The van der Waals surface area contributed by atoms with Crippen LogP contribution in [0.25, 0.3) is 0 Å². The number of piperidine rings is 1. The molecule has 0 N–H and O–H groups in total. The molecule has 1 aromatic carbocycles. The Labute approximate surface area is 160 Å². The van der Waals surface area contributed by atoms with Gasteiger partial charge in [0.25, 0.3) is 5.91 Å². The summed E-state index contributed by atoms with van der Waals surface area (Å²) in [4.78, 5) is 27.0. The van der Waals surface area contributed by atoms with E-state index in [0.29, 0.717) is 11.5 Å². The maximum atomic E-state index is 12.7. The van der Waals surface area contributed by atoms with E-state index in [1.54, 1.807) is 13.0 Å². The Morgan fingerprint density at radius 2 is 1.85 bits per heavy atom. The Morgan fingerprint density at radius 1 is 1.15 bits per heavy atom. The zero-order valence-electron chi connectivity index (χ0n) is 15.9. The summed E-state index contributed by atoms with van der Waals surface area (Å²) < 4.78 is 28.7. The predicted molar refractivity (Wildman–Crippen MR) is 101 cm³/mol. The third-order valence-electron chi connectivity index (χ3n) is 5.75. The molecule has 27 heavy (non-hydrogen) atoms. The van der Waals surface area contributed by atoms with Crippen molar-refractivity contribution >= 4 is 21.7 Å². The van der Waals surface area contributed by atoms with E-state index in [0.717, 1.165) is 32.1 Å². The van der Waals surface area contributed by atoms with Gasteiger partial charge in [0.05, 0.1) is 10.5 Å². The van der Waals surface area contributed by atoms with E-state index in [4.69, 9.17) is 4.74 Å². The summed E-state index contributed by atoms with van der Waals surface area (Å²) in [5.41, 5.74) is 0.796. The molecule has 0 bridgehead atoms. The summed E-state index contributed by atoms with van der Waals surface area (Å²) in [5, 5.41) is 0. The van der Waals surface area contributed by atoms with Crippen LogP contribution in [0.3, 0.4) is 0 Å². The van der Waals surface area contributed by atoms with Crippen molar-refractivity contribution in [2.24, 2.45) is 5.92 Å². The molecule has 0 spiro atoms. The molecule has 1 aromatic rings. The number of carbonyl (C=O) groups is 2. The molecular formula is C20H27NO5S. The molecule has 2 fully saturated rings. The highest BCUT2D eigenvalue weighted by Gasteiger charge is 2.35. The lowest BCUT2D eigenvalue weighted by Crippen LogP contribution is -2.50. The number of fused-ring (bicyclic) bond motifs is 1. The molecule has 0 unspecified atom stereocenters. The zero-order chi connectivity index (χ0) is 19.6. The fourth-order valence-electron chi connectivity index (χ4n) is 4.27. The van der Waals surface area contributed by atoms with E-state index in [1.165, 1.54) is 31.4 Å². The summed E-state index contributed by atoms with van der Waals surface area (Å²) in [6.07, 6.45) is 7.83. The molecule has 3 rings (SSSR count). The van der Waals surface area contributed by atoms with Gasteiger partial charge in [-0.05, 0) is 56.2 Å². The molecule has 6 nitrogen and oxygen atoms in total. The molecule has 148 valence electrons. The number of amides is 1. The highest BCUT2D eigenvalue weighted by molar-refractivity contribution is 7.90. The first-order valence-electron chi connectivity index (χ1n) is 9.54. The van der Waals surface area contributed by atoms with Gasteiger partial charge in [-0.1, -0.05) is 18.9 Å². The van der Waals surface area contributed by atoms with Gasteiger partial charge >= 0.3 is 5.97 Å². The van der Waals surface area contributed by atoms with E-state index in [9.17, 15) is 18.0 Å².